The van der Waals surface area contributed by atoms with Gasteiger partial charge < -0.3 is 10.1 Å². The molecule has 0 aromatic rings. The molecule has 3 unspecified atom stereocenters. The lowest BCUT2D eigenvalue weighted by molar-refractivity contribution is 0.0985. The fourth-order valence-corrected chi connectivity index (χ4v) is 4.17. The second-order valence-corrected chi connectivity index (χ2v) is 7.07. The molecule has 2 rings (SSSR count). The summed E-state index contributed by atoms with van der Waals surface area (Å²) in [6.07, 6.45) is 2.43. The number of rotatable bonds is 3. The molecule has 0 aromatic carbocycles. The van der Waals surface area contributed by atoms with Crippen molar-refractivity contribution in [3.05, 3.63) is 0 Å². The summed E-state index contributed by atoms with van der Waals surface area (Å²) in [5.41, 5.74) is 0. The Balaban J connectivity index is 0.00000162. The molecule has 0 amide bonds. The van der Waals surface area contributed by atoms with Crippen molar-refractivity contribution in [2.45, 2.75) is 37.5 Å². The Morgan fingerprint density at radius 1 is 1.33 bits per heavy atom. The summed E-state index contributed by atoms with van der Waals surface area (Å²) in [6, 6.07) is 0.0724. The molecule has 7 heteroatoms. The molecule has 2 fully saturated rings. The first kappa shape index (κ1) is 16.2. The Morgan fingerprint density at radius 3 is 2.72 bits per heavy atom. The third kappa shape index (κ3) is 4.06. The van der Waals surface area contributed by atoms with Crippen molar-refractivity contribution in [1.29, 1.82) is 0 Å². The van der Waals surface area contributed by atoms with Gasteiger partial charge in [0.15, 0.2) is 0 Å². The van der Waals surface area contributed by atoms with Crippen molar-refractivity contribution >= 4 is 22.4 Å². The van der Waals surface area contributed by atoms with Crippen LogP contribution in [0.5, 0.6) is 0 Å². The summed E-state index contributed by atoms with van der Waals surface area (Å²) in [7, 11) is -3.22. The number of piperidine rings is 1. The summed E-state index contributed by atoms with van der Waals surface area (Å²) < 4.78 is 32.5. The molecule has 0 spiro atoms. The van der Waals surface area contributed by atoms with E-state index in [1.807, 2.05) is 0 Å². The van der Waals surface area contributed by atoms with Gasteiger partial charge in [0, 0.05) is 12.6 Å². The molecule has 2 heterocycles. The Kier molecular flexibility index (Phi) is 6.34. The molecule has 2 saturated heterocycles. The minimum atomic E-state index is -3.22. The number of ether oxygens (including phenoxy) is 1. The zero-order valence-corrected chi connectivity index (χ0v) is 12.4. The Bertz CT molecular complexity index is 344. The van der Waals surface area contributed by atoms with E-state index in [-0.39, 0.29) is 23.7 Å². The van der Waals surface area contributed by atoms with Gasteiger partial charge in [-0.25, -0.2) is 13.1 Å². The normalized spacial score (nSPS) is 33.7. The maximum absolute atomic E-state index is 12.2. The van der Waals surface area contributed by atoms with Crippen LogP contribution in [0.25, 0.3) is 0 Å². The third-order valence-electron chi connectivity index (χ3n) is 3.66. The first-order valence-corrected chi connectivity index (χ1v) is 7.94. The summed E-state index contributed by atoms with van der Waals surface area (Å²) >= 11 is 0. The minimum Gasteiger partial charge on any atom is -0.380 e. The molecule has 0 saturated carbocycles. The van der Waals surface area contributed by atoms with E-state index in [0.29, 0.717) is 25.6 Å². The quantitative estimate of drug-likeness (QED) is 0.796. The summed E-state index contributed by atoms with van der Waals surface area (Å²) in [4.78, 5) is 0. The molecule has 5 nitrogen and oxygen atoms in total. The second-order valence-electron chi connectivity index (χ2n) is 5.08. The molecule has 0 aliphatic carbocycles. The zero-order chi connectivity index (χ0) is 12.3. The molecule has 0 radical (unpaired) electrons. The van der Waals surface area contributed by atoms with Crippen LogP contribution in [0.3, 0.4) is 0 Å². The predicted octanol–water partition coefficient (Wildman–Crippen LogP) is 0.505. The van der Waals surface area contributed by atoms with Crippen LogP contribution in [0.4, 0.5) is 0 Å². The van der Waals surface area contributed by atoms with Gasteiger partial charge in [-0.05, 0) is 38.3 Å². The third-order valence-corrected chi connectivity index (χ3v) is 5.54. The highest BCUT2D eigenvalue weighted by Gasteiger charge is 2.32. The molecule has 2 aliphatic rings. The monoisotopic (exact) mass is 298 g/mol. The number of halogens is 1. The van der Waals surface area contributed by atoms with Gasteiger partial charge in [-0.15, -0.1) is 12.4 Å². The Morgan fingerprint density at radius 2 is 2.11 bits per heavy atom. The van der Waals surface area contributed by atoms with Crippen LogP contribution >= 0.6 is 12.4 Å². The van der Waals surface area contributed by atoms with Gasteiger partial charge in [0.1, 0.15) is 0 Å². The SMILES string of the molecule is CC1CNCCC1NS(=O)(=O)C1CCCOC1.Cl. The highest BCUT2D eigenvalue weighted by Crippen LogP contribution is 2.17. The van der Waals surface area contributed by atoms with Gasteiger partial charge in [0.25, 0.3) is 0 Å². The van der Waals surface area contributed by atoms with Crippen molar-refractivity contribution in [1.82, 2.24) is 10.0 Å². The van der Waals surface area contributed by atoms with Gasteiger partial charge in [-0.2, -0.15) is 0 Å². The molecular formula is C11H23ClN2O3S. The highest BCUT2D eigenvalue weighted by molar-refractivity contribution is 7.90. The first-order chi connectivity index (χ1) is 8.09. The van der Waals surface area contributed by atoms with Gasteiger partial charge in [-0.3, -0.25) is 0 Å². The van der Waals surface area contributed by atoms with Crippen LogP contribution in [0.15, 0.2) is 0 Å². The van der Waals surface area contributed by atoms with E-state index in [9.17, 15) is 8.42 Å². The number of hydrogen-bond acceptors (Lipinski definition) is 4. The van der Waals surface area contributed by atoms with Crippen LogP contribution in [0.2, 0.25) is 0 Å². The van der Waals surface area contributed by atoms with Gasteiger partial charge in [0.2, 0.25) is 10.0 Å². The van der Waals surface area contributed by atoms with Crippen molar-refractivity contribution < 1.29 is 13.2 Å². The lowest BCUT2D eigenvalue weighted by Crippen LogP contribution is -2.51. The molecule has 108 valence electrons. The van der Waals surface area contributed by atoms with Crippen molar-refractivity contribution in [2.24, 2.45) is 5.92 Å². The van der Waals surface area contributed by atoms with Crippen LogP contribution < -0.4 is 10.0 Å². The topological polar surface area (TPSA) is 67.4 Å². The molecule has 3 atom stereocenters. The summed E-state index contributed by atoms with van der Waals surface area (Å²) in [5, 5.41) is 2.91. The van der Waals surface area contributed by atoms with E-state index in [0.717, 1.165) is 25.9 Å². The average molecular weight is 299 g/mol. The smallest absolute Gasteiger partial charge is 0.217 e. The zero-order valence-electron chi connectivity index (χ0n) is 10.7. The van der Waals surface area contributed by atoms with Crippen LogP contribution in [0.1, 0.15) is 26.2 Å². The average Bonchev–Trinajstić information content (AvgIpc) is 2.33. The lowest BCUT2D eigenvalue weighted by Gasteiger charge is -2.32. The first-order valence-electron chi connectivity index (χ1n) is 6.39. The standard InChI is InChI=1S/C11H22N2O3S.ClH/c1-9-7-12-5-4-11(9)13-17(14,15)10-3-2-6-16-8-10;/h9-13H,2-8H2,1H3;1H. The maximum Gasteiger partial charge on any atom is 0.217 e. The largest absolute Gasteiger partial charge is 0.380 e. The van der Waals surface area contributed by atoms with Gasteiger partial charge >= 0.3 is 0 Å². The van der Waals surface area contributed by atoms with Gasteiger partial charge in [-0.1, -0.05) is 6.92 Å². The minimum absolute atomic E-state index is 0. The number of sulfonamides is 1. The van der Waals surface area contributed by atoms with E-state index >= 15 is 0 Å². The molecule has 2 N–H and O–H groups in total. The predicted molar refractivity (Wildman–Crippen MR) is 73.6 cm³/mol. The van der Waals surface area contributed by atoms with Crippen molar-refractivity contribution in [3.8, 4) is 0 Å². The maximum atomic E-state index is 12.2. The fourth-order valence-electron chi connectivity index (χ4n) is 2.45. The highest BCUT2D eigenvalue weighted by atomic mass is 35.5. The van der Waals surface area contributed by atoms with Crippen molar-refractivity contribution in [3.63, 3.8) is 0 Å². The molecule has 2 aliphatic heterocycles. The van der Waals surface area contributed by atoms with E-state index in [4.69, 9.17) is 4.74 Å². The van der Waals surface area contributed by atoms with E-state index in [2.05, 4.69) is 17.0 Å². The van der Waals surface area contributed by atoms with Crippen LogP contribution in [0, 0.1) is 5.92 Å². The van der Waals surface area contributed by atoms with Crippen LogP contribution in [-0.4, -0.2) is 46.0 Å². The summed E-state index contributed by atoms with van der Waals surface area (Å²) in [5.74, 6) is 0.350. The summed E-state index contributed by atoms with van der Waals surface area (Å²) in [6.45, 7) is 4.88. The Hall–Kier alpha value is 0.120. The number of hydrogen-bond donors (Lipinski definition) is 2. The van der Waals surface area contributed by atoms with Crippen molar-refractivity contribution in [2.75, 3.05) is 26.3 Å². The van der Waals surface area contributed by atoms with E-state index in [1.165, 1.54) is 0 Å². The molecule has 0 aromatic heterocycles. The van der Waals surface area contributed by atoms with E-state index in [1.54, 1.807) is 0 Å². The fraction of sp³-hybridized carbons (Fsp3) is 1.00. The molecule has 0 bridgehead atoms. The number of nitrogens with one attached hydrogen (secondary N) is 2. The Labute approximate surface area is 116 Å². The lowest BCUT2D eigenvalue weighted by atomic mass is 9.97. The van der Waals surface area contributed by atoms with E-state index < -0.39 is 10.0 Å². The molecular weight excluding hydrogens is 276 g/mol. The van der Waals surface area contributed by atoms with Crippen LogP contribution in [-0.2, 0) is 14.8 Å². The second kappa shape index (κ2) is 7.05. The molecule has 18 heavy (non-hydrogen) atoms. The van der Waals surface area contributed by atoms with Gasteiger partial charge in [0.05, 0.1) is 11.9 Å².